The van der Waals surface area contributed by atoms with E-state index in [4.69, 9.17) is 9.84 Å². The number of cyclic esters (lactones) is 1. The highest BCUT2D eigenvalue weighted by Gasteiger charge is 2.12. The summed E-state index contributed by atoms with van der Waals surface area (Å²) in [5, 5.41) is 7.60. The second-order valence-corrected chi connectivity index (χ2v) is 3.09. The van der Waals surface area contributed by atoms with Crippen LogP contribution in [0.1, 0.15) is 32.6 Å². The van der Waals surface area contributed by atoms with Crippen LogP contribution in [0.15, 0.2) is 12.7 Å². The topological polar surface area (TPSA) is 63.6 Å². The predicted octanol–water partition coefficient (Wildman–Crippen LogP) is 1.75. The van der Waals surface area contributed by atoms with Crippen LogP contribution in [0.4, 0.5) is 0 Å². The zero-order valence-corrected chi connectivity index (χ0v) is 8.36. The minimum absolute atomic E-state index is 0.0278. The van der Waals surface area contributed by atoms with Crippen LogP contribution in [-0.2, 0) is 14.3 Å². The van der Waals surface area contributed by atoms with E-state index in [9.17, 15) is 9.59 Å². The van der Waals surface area contributed by atoms with Gasteiger partial charge in [-0.2, -0.15) is 0 Å². The molecule has 1 fully saturated rings. The molecule has 4 nitrogen and oxygen atoms in total. The van der Waals surface area contributed by atoms with Crippen LogP contribution in [0.5, 0.6) is 0 Å². The van der Waals surface area contributed by atoms with Gasteiger partial charge in [-0.05, 0) is 26.2 Å². The average Bonchev–Trinajstić information content (AvgIpc) is 2.30. The lowest BCUT2D eigenvalue weighted by molar-refractivity contribution is -0.147. The third-order valence-electron chi connectivity index (χ3n) is 1.75. The van der Waals surface area contributed by atoms with Crippen LogP contribution in [0.25, 0.3) is 0 Å². The Hall–Kier alpha value is -1.32. The lowest BCUT2D eigenvalue weighted by Crippen LogP contribution is -2.10. The monoisotopic (exact) mass is 200 g/mol. The molecule has 0 aromatic carbocycles. The maximum atomic E-state index is 10.7. The smallest absolute Gasteiger partial charge is 0.327 e. The van der Waals surface area contributed by atoms with E-state index >= 15 is 0 Å². The Bertz CT molecular complexity index is 210. The lowest BCUT2D eigenvalue weighted by atomic mass is 10.2. The maximum Gasteiger partial charge on any atom is 0.327 e. The number of ether oxygens (including phenoxy) is 1. The number of carbonyl (C=O) groups excluding carboxylic acids is 1. The second-order valence-electron chi connectivity index (χ2n) is 3.09. The Morgan fingerprint density at radius 1 is 1.64 bits per heavy atom. The van der Waals surface area contributed by atoms with Crippen molar-refractivity contribution in [3.8, 4) is 0 Å². The highest BCUT2D eigenvalue weighted by molar-refractivity contribution is 5.78. The van der Waals surface area contributed by atoms with Crippen LogP contribution < -0.4 is 0 Å². The Morgan fingerprint density at radius 3 is 2.71 bits per heavy atom. The number of hydrogen-bond donors (Lipinski definition) is 1. The normalized spacial score (nSPS) is 20.9. The summed E-state index contributed by atoms with van der Waals surface area (Å²) in [7, 11) is 0. The summed E-state index contributed by atoms with van der Waals surface area (Å²) in [6.07, 6.45) is 4.77. The number of esters is 1. The molecule has 1 unspecified atom stereocenters. The summed E-state index contributed by atoms with van der Waals surface area (Å²) in [4.78, 5) is 19.9. The zero-order valence-electron chi connectivity index (χ0n) is 8.36. The molecule has 0 saturated carbocycles. The first kappa shape index (κ1) is 12.7. The molecular weight excluding hydrogens is 184 g/mol. The van der Waals surface area contributed by atoms with Gasteiger partial charge in [0.25, 0.3) is 0 Å². The summed E-state index contributed by atoms with van der Waals surface area (Å²) < 4.78 is 4.97. The first-order chi connectivity index (χ1) is 6.56. The molecule has 1 rings (SSSR count). The predicted molar refractivity (Wildman–Crippen MR) is 51.9 cm³/mol. The Kier molecular flexibility index (Phi) is 6.45. The van der Waals surface area contributed by atoms with E-state index in [1.54, 1.807) is 0 Å². The molecule has 0 amide bonds. The van der Waals surface area contributed by atoms with Gasteiger partial charge in [-0.25, -0.2) is 4.79 Å². The summed E-state index contributed by atoms with van der Waals surface area (Å²) in [6.45, 7) is 4.91. The molecule has 0 bridgehead atoms. The fourth-order valence-corrected chi connectivity index (χ4v) is 1.04. The van der Waals surface area contributed by atoms with Gasteiger partial charge in [0.05, 0.1) is 6.10 Å². The molecule has 1 aliphatic heterocycles. The third-order valence-corrected chi connectivity index (χ3v) is 1.75. The second kappa shape index (κ2) is 7.12. The average molecular weight is 200 g/mol. The van der Waals surface area contributed by atoms with Crippen molar-refractivity contribution in [1.29, 1.82) is 0 Å². The number of rotatable bonds is 1. The first-order valence-electron chi connectivity index (χ1n) is 4.61. The van der Waals surface area contributed by atoms with Gasteiger partial charge in [0, 0.05) is 12.5 Å². The summed E-state index contributed by atoms with van der Waals surface area (Å²) in [6, 6.07) is 0. The number of carbonyl (C=O) groups is 2. The van der Waals surface area contributed by atoms with Gasteiger partial charge in [-0.15, -0.1) is 0 Å². The number of carboxylic acid groups (broad SMARTS) is 1. The Labute approximate surface area is 83.6 Å². The van der Waals surface area contributed by atoms with Gasteiger partial charge < -0.3 is 9.84 Å². The molecule has 0 aliphatic carbocycles. The van der Waals surface area contributed by atoms with Crippen molar-refractivity contribution in [3.05, 3.63) is 12.7 Å². The zero-order chi connectivity index (χ0) is 11.0. The van der Waals surface area contributed by atoms with Crippen molar-refractivity contribution in [1.82, 2.24) is 0 Å². The van der Waals surface area contributed by atoms with Gasteiger partial charge in [0.15, 0.2) is 0 Å². The standard InChI is InChI=1S/C7H12O2.C3H4O2/c1-6-4-2-3-5-7(8)9-6;1-2-3(4)5/h6H,2-5H2,1H3;2H,1H2,(H,4,5). The van der Waals surface area contributed by atoms with E-state index in [1.807, 2.05) is 6.92 Å². The minimum Gasteiger partial charge on any atom is -0.478 e. The molecule has 0 radical (unpaired) electrons. The third kappa shape index (κ3) is 7.34. The van der Waals surface area contributed by atoms with Crippen molar-refractivity contribution >= 4 is 11.9 Å². The van der Waals surface area contributed by atoms with E-state index in [0.717, 1.165) is 25.3 Å². The summed E-state index contributed by atoms with van der Waals surface area (Å²) >= 11 is 0. The molecule has 1 aliphatic rings. The van der Waals surface area contributed by atoms with Crippen LogP contribution in [0, 0.1) is 0 Å². The van der Waals surface area contributed by atoms with E-state index < -0.39 is 5.97 Å². The largest absolute Gasteiger partial charge is 0.478 e. The highest BCUT2D eigenvalue weighted by Crippen LogP contribution is 2.12. The van der Waals surface area contributed by atoms with Gasteiger partial charge >= 0.3 is 11.9 Å². The van der Waals surface area contributed by atoms with Gasteiger partial charge in [-0.1, -0.05) is 6.58 Å². The Balaban J connectivity index is 0.000000292. The highest BCUT2D eigenvalue weighted by atomic mass is 16.5. The fraction of sp³-hybridized carbons (Fsp3) is 0.600. The minimum atomic E-state index is -0.981. The molecule has 4 heteroatoms. The summed E-state index contributed by atoms with van der Waals surface area (Å²) in [5.41, 5.74) is 0. The van der Waals surface area contributed by atoms with Crippen molar-refractivity contribution in [3.63, 3.8) is 0 Å². The fourth-order valence-electron chi connectivity index (χ4n) is 1.04. The van der Waals surface area contributed by atoms with Crippen LogP contribution in [0.2, 0.25) is 0 Å². The molecule has 14 heavy (non-hydrogen) atoms. The van der Waals surface area contributed by atoms with E-state index in [-0.39, 0.29) is 12.1 Å². The van der Waals surface area contributed by atoms with Crippen molar-refractivity contribution < 1.29 is 19.4 Å². The number of hydrogen-bond acceptors (Lipinski definition) is 3. The van der Waals surface area contributed by atoms with E-state index in [1.165, 1.54) is 0 Å². The maximum absolute atomic E-state index is 10.7. The van der Waals surface area contributed by atoms with Gasteiger partial charge in [0.2, 0.25) is 0 Å². The first-order valence-corrected chi connectivity index (χ1v) is 4.61. The molecule has 0 aromatic heterocycles. The van der Waals surface area contributed by atoms with E-state index in [0.29, 0.717) is 6.42 Å². The van der Waals surface area contributed by atoms with Crippen molar-refractivity contribution in [2.45, 2.75) is 38.7 Å². The lowest BCUT2D eigenvalue weighted by Gasteiger charge is -2.06. The quantitative estimate of drug-likeness (QED) is 0.517. The molecule has 1 heterocycles. The Morgan fingerprint density at radius 2 is 2.21 bits per heavy atom. The molecule has 1 atom stereocenters. The van der Waals surface area contributed by atoms with E-state index in [2.05, 4.69) is 6.58 Å². The van der Waals surface area contributed by atoms with Crippen LogP contribution in [-0.4, -0.2) is 23.1 Å². The van der Waals surface area contributed by atoms with Crippen molar-refractivity contribution in [2.75, 3.05) is 0 Å². The molecule has 80 valence electrons. The molecular formula is C10H16O4. The molecule has 0 spiro atoms. The van der Waals surface area contributed by atoms with Gasteiger partial charge in [-0.3, -0.25) is 4.79 Å². The summed E-state index contributed by atoms with van der Waals surface area (Å²) in [5.74, 6) is -1.01. The van der Waals surface area contributed by atoms with Crippen LogP contribution in [0.3, 0.4) is 0 Å². The number of carboxylic acids is 1. The van der Waals surface area contributed by atoms with Crippen LogP contribution >= 0.6 is 0 Å². The number of aliphatic carboxylic acids is 1. The molecule has 1 N–H and O–H groups in total. The SMILES string of the molecule is C=CC(=O)O.CC1CCCCC(=O)O1. The van der Waals surface area contributed by atoms with Crippen molar-refractivity contribution in [2.24, 2.45) is 0 Å². The molecule has 1 saturated heterocycles. The molecule has 0 aromatic rings. The van der Waals surface area contributed by atoms with Gasteiger partial charge in [0.1, 0.15) is 0 Å².